The molecule has 126 valence electrons. The maximum Gasteiger partial charge on any atom is 0.371 e. The van der Waals surface area contributed by atoms with Gasteiger partial charge in [0.15, 0.2) is 0 Å². The molecule has 1 aromatic heterocycles. The zero-order valence-corrected chi connectivity index (χ0v) is 14.0. The number of anilines is 1. The summed E-state index contributed by atoms with van der Waals surface area (Å²) in [5.74, 6) is -1.30. The molecule has 1 amide bonds. The third-order valence-electron chi connectivity index (χ3n) is 3.70. The first kappa shape index (κ1) is 16.8. The van der Waals surface area contributed by atoms with Crippen molar-refractivity contribution < 1.29 is 19.1 Å². The number of furan rings is 1. The monoisotopic (exact) mass is 355 g/mol. The standard InChI is InChI=1S/C19H14ClNO4/c1-11-4-2-3-5-13(11)18(22)21-15-10-12(20)6-7-14(15)16-8-9-17(25-16)19(23)24/h2-10H,1H3,(H,21,22)(H,23,24). The van der Waals surface area contributed by atoms with Crippen LogP contribution in [0.5, 0.6) is 0 Å². The van der Waals surface area contributed by atoms with Crippen LogP contribution in [0.2, 0.25) is 5.02 Å². The molecular weight excluding hydrogens is 342 g/mol. The Morgan fingerprint density at radius 1 is 1.08 bits per heavy atom. The van der Waals surface area contributed by atoms with Gasteiger partial charge in [0.1, 0.15) is 5.76 Å². The second kappa shape index (κ2) is 6.83. The highest BCUT2D eigenvalue weighted by Crippen LogP contribution is 2.32. The lowest BCUT2D eigenvalue weighted by atomic mass is 10.1. The van der Waals surface area contributed by atoms with Crippen molar-refractivity contribution >= 4 is 29.2 Å². The largest absolute Gasteiger partial charge is 0.475 e. The van der Waals surface area contributed by atoms with E-state index in [1.165, 1.54) is 12.1 Å². The van der Waals surface area contributed by atoms with E-state index in [-0.39, 0.29) is 11.7 Å². The van der Waals surface area contributed by atoms with Crippen molar-refractivity contribution in [1.82, 2.24) is 0 Å². The molecule has 3 rings (SSSR count). The van der Waals surface area contributed by atoms with Crippen molar-refractivity contribution in [3.05, 3.63) is 76.5 Å². The van der Waals surface area contributed by atoms with E-state index < -0.39 is 5.97 Å². The van der Waals surface area contributed by atoms with E-state index in [1.807, 2.05) is 19.1 Å². The van der Waals surface area contributed by atoms with E-state index in [9.17, 15) is 9.59 Å². The number of amides is 1. The minimum absolute atomic E-state index is 0.180. The number of aryl methyl sites for hydroxylation is 1. The third-order valence-corrected chi connectivity index (χ3v) is 3.94. The third kappa shape index (κ3) is 3.56. The number of hydrogen-bond donors (Lipinski definition) is 2. The number of nitrogens with one attached hydrogen (secondary N) is 1. The van der Waals surface area contributed by atoms with Gasteiger partial charge in [-0.25, -0.2) is 4.79 Å². The van der Waals surface area contributed by atoms with Crippen molar-refractivity contribution in [2.24, 2.45) is 0 Å². The average molecular weight is 356 g/mol. The second-order valence-corrected chi connectivity index (χ2v) is 5.86. The summed E-state index contributed by atoms with van der Waals surface area (Å²) in [6.07, 6.45) is 0. The molecule has 0 aliphatic rings. The van der Waals surface area contributed by atoms with Crippen molar-refractivity contribution in [1.29, 1.82) is 0 Å². The van der Waals surface area contributed by atoms with Crippen molar-refractivity contribution in [2.75, 3.05) is 5.32 Å². The average Bonchev–Trinajstić information content (AvgIpc) is 3.05. The Bertz CT molecular complexity index is 962. The SMILES string of the molecule is Cc1ccccc1C(=O)Nc1cc(Cl)ccc1-c1ccc(C(=O)O)o1. The Morgan fingerprint density at radius 3 is 2.52 bits per heavy atom. The van der Waals surface area contributed by atoms with E-state index in [2.05, 4.69) is 5.32 Å². The molecule has 3 aromatic rings. The summed E-state index contributed by atoms with van der Waals surface area (Å²) in [5, 5.41) is 12.3. The van der Waals surface area contributed by atoms with Gasteiger partial charge in [-0.1, -0.05) is 29.8 Å². The van der Waals surface area contributed by atoms with Crippen LogP contribution in [0, 0.1) is 6.92 Å². The van der Waals surface area contributed by atoms with Crippen LogP contribution in [0.25, 0.3) is 11.3 Å². The molecule has 0 bridgehead atoms. The molecule has 0 atom stereocenters. The normalized spacial score (nSPS) is 10.5. The van der Waals surface area contributed by atoms with Crippen LogP contribution in [0.3, 0.4) is 0 Å². The number of carbonyl (C=O) groups is 2. The van der Waals surface area contributed by atoms with Gasteiger partial charge in [0.25, 0.3) is 5.91 Å². The number of halogens is 1. The Labute approximate surface area is 148 Å². The first-order chi connectivity index (χ1) is 12.0. The van der Waals surface area contributed by atoms with E-state index in [1.54, 1.807) is 30.3 Å². The number of carboxylic acids is 1. The first-order valence-corrected chi connectivity index (χ1v) is 7.83. The summed E-state index contributed by atoms with van der Waals surface area (Å²) in [6, 6.07) is 15.0. The van der Waals surface area contributed by atoms with E-state index in [0.29, 0.717) is 27.6 Å². The zero-order valence-electron chi connectivity index (χ0n) is 13.2. The molecule has 6 heteroatoms. The number of hydrogen-bond acceptors (Lipinski definition) is 3. The smallest absolute Gasteiger partial charge is 0.371 e. The van der Waals surface area contributed by atoms with Gasteiger partial charge in [-0.3, -0.25) is 4.79 Å². The predicted octanol–water partition coefficient (Wildman–Crippen LogP) is 4.86. The number of benzene rings is 2. The van der Waals surface area contributed by atoms with Gasteiger partial charge in [0.2, 0.25) is 5.76 Å². The van der Waals surface area contributed by atoms with Gasteiger partial charge in [-0.2, -0.15) is 0 Å². The summed E-state index contributed by atoms with van der Waals surface area (Å²) in [5.41, 5.74) is 2.36. The van der Waals surface area contributed by atoms with Crippen molar-refractivity contribution in [3.63, 3.8) is 0 Å². The van der Waals surface area contributed by atoms with Crippen LogP contribution in [-0.2, 0) is 0 Å². The Hall–Kier alpha value is -3.05. The lowest BCUT2D eigenvalue weighted by molar-refractivity contribution is 0.0663. The summed E-state index contributed by atoms with van der Waals surface area (Å²) < 4.78 is 5.33. The Kier molecular flexibility index (Phi) is 4.59. The maximum atomic E-state index is 12.6. The highest BCUT2D eigenvalue weighted by Gasteiger charge is 2.16. The fourth-order valence-electron chi connectivity index (χ4n) is 2.45. The van der Waals surface area contributed by atoms with Crippen molar-refractivity contribution in [2.45, 2.75) is 6.92 Å². The van der Waals surface area contributed by atoms with Gasteiger partial charge in [0, 0.05) is 16.1 Å². The Balaban J connectivity index is 1.98. The van der Waals surface area contributed by atoms with Gasteiger partial charge in [0.05, 0.1) is 5.69 Å². The van der Waals surface area contributed by atoms with Crippen LogP contribution in [0.1, 0.15) is 26.5 Å². The molecule has 0 aliphatic carbocycles. The van der Waals surface area contributed by atoms with E-state index in [0.717, 1.165) is 5.56 Å². The summed E-state index contributed by atoms with van der Waals surface area (Å²) in [7, 11) is 0. The van der Waals surface area contributed by atoms with Crippen molar-refractivity contribution in [3.8, 4) is 11.3 Å². The quantitative estimate of drug-likeness (QED) is 0.700. The molecule has 0 saturated heterocycles. The van der Waals surface area contributed by atoms with Crippen LogP contribution < -0.4 is 5.32 Å². The van der Waals surface area contributed by atoms with Gasteiger partial charge in [-0.15, -0.1) is 0 Å². The maximum absolute atomic E-state index is 12.6. The molecule has 5 nitrogen and oxygen atoms in total. The molecule has 0 unspecified atom stereocenters. The predicted molar refractivity (Wildman–Crippen MR) is 95.2 cm³/mol. The second-order valence-electron chi connectivity index (χ2n) is 5.43. The molecule has 25 heavy (non-hydrogen) atoms. The summed E-state index contributed by atoms with van der Waals surface area (Å²) >= 11 is 6.04. The van der Waals surface area contributed by atoms with E-state index >= 15 is 0 Å². The van der Waals surface area contributed by atoms with Crippen LogP contribution >= 0.6 is 11.6 Å². The number of carbonyl (C=O) groups excluding carboxylic acids is 1. The van der Waals surface area contributed by atoms with Gasteiger partial charge >= 0.3 is 5.97 Å². The fraction of sp³-hybridized carbons (Fsp3) is 0.0526. The molecule has 0 spiro atoms. The molecule has 2 N–H and O–H groups in total. The summed E-state index contributed by atoms with van der Waals surface area (Å²) in [4.78, 5) is 23.6. The molecule has 2 aromatic carbocycles. The van der Waals surface area contributed by atoms with Crippen LogP contribution in [0.4, 0.5) is 5.69 Å². The number of carboxylic acid groups (broad SMARTS) is 1. The van der Waals surface area contributed by atoms with E-state index in [4.69, 9.17) is 21.1 Å². The minimum Gasteiger partial charge on any atom is -0.475 e. The topological polar surface area (TPSA) is 79.5 Å². The zero-order chi connectivity index (χ0) is 18.0. The van der Waals surface area contributed by atoms with Crippen LogP contribution in [0.15, 0.2) is 59.0 Å². The molecule has 0 saturated carbocycles. The first-order valence-electron chi connectivity index (χ1n) is 7.46. The number of rotatable bonds is 4. The molecule has 0 fully saturated rings. The van der Waals surface area contributed by atoms with Gasteiger partial charge in [-0.05, 0) is 48.9 Å². The van der Waals surface area contributed by atoms with Gasteiger partial charge < -0.3 is 14.8 Å². The Morgan fingerprint density at radius 2 is 1.84 bits per heavy atom. The van der Waals surface area contributed by atoms with Crippen LogP contribution in [-0.4, -0.2) is 17.0 Å². The molecule has 0 aliphatic heterocycles. The molecular formula is C19H14ClNO4. The highest BCUT2D eigenvalue weighted by molar-refractivity contribution is 6.31. The number of aromatic carboxylic acids is 1. The lowest BCUT2D eigenvalue weighted by Gasteiger charge is -2.11. The fourth-order valence-corrected chi connectivity index (χ4v) is 2.62. The molecule has 1 heterocycles. The molecule has 0 radical (unpaired) electrons. The lowest BCUT2D eigenvalue weighted by Crippen LogP contribution is -2.13. The minimum atomic E-state index is -1.16. The summed E-state index contributed by atoms with van der Waals surface area (Å²) in [6.45, 7) is 1.85. The highest BCUT2D eigenvalue weighted by atomic mass is 35.5.